The summed E-state index contributed by atoms with van der Waals surface area (Å²) in [5.74, 6) is 0.573. The average molecular weight is 210 g/mol. The molecule has 0 aliphatic heterocycles. The second-order valence-corrected chi connectivity index (χ2v) is 5.09. The van der Waals surface area contributed by atoms with Gasteiger partial charge in [0, 0.05) is 7.11 Å². The number of hydrogen-bond donors (Lipinski definition) is 1. The summed E-state index contributed by atoms with van der Waals surface area (Å²) in [6.45, 7) is 2.17. The fourth-order valence-corrected chi connectivity index (χ4v) is 3.18. The van der Waals surface area contributed by atoms with Gasteiger partial charge in [-0.25, -0.2) is 0 Å². The normalized spacial score (nSPS) is 43.5. The summed E-state index contributed by atoms with van der Waals surface area (Å²) < 4.78 is 5.64. The molecule has 0 heterocycles. The van der Waals surface area contributed by atoms with Crippen LogP contribution in [0.15, 0.2) is 12.2 Å². The summed E-state index contributed by atoms with van der Waals surface area (Å²) in [6, 6.07) is 0. The van der Waals surface area contributed by atoms with Crippen LogP contribution in [0.5, 0.6) is 0 Å². The predicted octanol–water partition coefficient (Wildman–Crippen LogP) is 2.66. The molecule has 1 fully saturated rings. The molecule has 86 valence electrons. The van der Waals surface area contributed by atoms with E-state index in [0.29, 0.717) is 5.92 Å². The highest BCUT2D eigenvalue weighted by atomic mass is 16.5. The first-order chi connectivity index (χ1) is 7.16. The number of ether oxygens (including phenoxy) is 1. The molecule has 0 amide bonds. The third-order valence-electron chi connectivity index (χ3n) is 4.22. The van der Waals surface area contributed by atoms with E-state index >= 15 is 0 Å². The zero-order valence-corrected chi connectivity index (χ0v) is 9.83. The minimum absolute atomic E-state index is 0.392. The predicted molar refractivity (Wildman–Crippen MR) is 60.7 cm³/mol. The highest BCUT2D eigenvalue weighted by Gasteiger charge is 2.54. The molecule has 3 aliphatic rings. The lowest BCUT2D eigenvalue weighted by molar-refractivity contribution is -0.182. The number of hydrogen-bond acceptors (Lipinski definition) is 2. The molecule has 0 aromatic carbocycles. The van der Waals surface area contributed by atoms with Crippen LogP contribution in [0.3, 0.4) is 0 Å². The van der Waals surface area contributed by atoms with Crippen LogP contribution in [0, 0.1) is 5.92 Å². The van der Waals surface area contributed by atoms with E-state index in [1.807, 2.05) is 0 Å². The standard InChI is InChI=1S/C13H22O2/c1-3-4-7-12(14)10-11-5-8-13(12,15-2)9-6-11/h5,8,11,14H,3-4,6-7,9-10H2,1-2H3/t11-,12+,13-/m1/s1. The molecule has 0 spiro atoms. The number of aliphatic hydroxyl groups is 1. The monoisotopic (exact) mass is 210 g/mol. The van der Waals surface area contributed by atoms with Gasteiger partial charge in [-0.1, -0.05) is 31.9 Å². The molecule has 0 unspecified atom stereocenters. The van der Waals surface area contributed by atoms with Crippen LogP contribution in [0.4, 0.5) is 0 Å². The van der Waals surface area contributed by atoms with E-state index in [1.165, 1.54) is 6.42 Å². The third kappa shape index (κ3) is 1.64. The van der Waals surface area contributed by atoms with Crippen LogP contribution in [0.2, 0.25) is 0 Å². The van der Waals surface area contributed by atoms with Crippen molar-refractivity contribution < 1.29 is 9.84 Å². The molecule has 1 N–H and O–H groups in total. The van der Waals surface area contributed by atoms with Crippen molar-refractivity contribution in [2.24, 2.45) is 5.92 Å². The first-order valence-corrected chi connectivity index (χ1v) is 6.13. The molecule has 3 atom stereocenters. The van der Waals surface area contributed by atoms with E-state index in [-0.39, 0.29) is 0 Å². The smallest absolute Gasteiger partial charge is 0.114 e. The summed E-state index contributed by atoms with van der Waals surface area (Å²) in [6.07, 6.45) is 10.5. The molecular weight excluding hydrogens is 188 g/mol. The molecule has 3 aliphatic carbocycles. The van der Waals surface area contributed by atoms with Crippen molar-refractivity contribution in [3.05, 3.63) is 12.2 Å². The third-order valence-corrected chi connectivity index (χ3v) is 4.22. The van der Waals surface area contributed by atoms with Crippen LogP contribution < -0.4 is 0 Å². The maximum Gasteiger partial charge on any atom is 0.114 e. The quantitative estimate of drug-likeness (QED) is 0.723. The molecule has 2 bridgehead atoms. The molecule has 0 aromatic rings. The first-order valence-electron chi connectivity index (χ1n) is 6.13. The maximum absolute atomic E-state index is 10.8. The van der Waals surface area contributed by atoms with E-state index in [4.69, 9.17) is 4.74 Å². The Morgan fingerprint density at radius 2 is 2.33 bits per heavy atom. The summed E-state index contributed by atoms with van der Waals surface area (Å²) in [4.78, 5) is 0. The summed E-state index contributed by atoms with van der Waals surface area (Å²) in [5, 5.41) is 10.8. The van der Waals surface area contributed by atoms with Crippen LogP contribution in [-0.4, -0.2) is 23.4 Å². The summed E-state index contributed by atoms with van der Waals surface area (Å²) in [5.41, 5.74) is -1.01. The molecule has 0 saturated heterocycles. The van der Waals surface area contributed by atoms with Gasteiger partial charge in [-0.15, -0.1) is 0 Å². The van der Waals surface area contributed by atoms with Crippen molar-refractivity contribution in [2.45, 2.75) is 56.7 Å². The van der Waals surface area contributed by atoms with E-state index in [9.17, 15) is 5.11 Å². The van der Waals surface area contributed by atoms with Crippen LogP contribution >= 0.6 is 0 Å². The zero-order chi connectivity index (χ0) is 10.9. The van der Waals surface area contributed by atoms with Crippen molar-refractivity contribution >= 4 is 0 Å². The number of fused-ring (bicyclic) bond motifs is 2. The SMILES string of the molecule is CCCC[C@]1(O)C[C@@H]2C=C[C@@]1(OC)CC2. The lowest BCUT2D eigenvalue weighted by Gasteiger charge is -2.53. The number of allylic oxidation sites excluding steroid dienone is 1. The van der Waals surface area contributed by atoms with E-state index in [0.717, 1.165) is 32.1 Å². The largest absolute Gasteiger partial charge is 0.387 e. The Labute approximate surface area is 92.3 Å². The molecular formula is C13H22O2. The molecule has 0 radical (unpaired) electrons. The Balaban J connectivity index is 2.21. The molecule has 3 rings (SSSR count). The van der Waals surface area contributed by atoms with Crippen LogP contribution in [-0.2, 0) is 4.74 Å². The second-order valence-electron chi connectivity index (χ2n) is 5.09. The van der Waals surface area contributed by atoms with Crippen molar-refractivity contribution in [1.82, 2.24) is 0 Å². The zero-order valence-electron chi connectivity index (χ0n) is 9.83. The van der Waals surface area contributed by atoms with Gasteiger partial charge in [0.25, 0.3) is 0 Å². The number of unbranched alkanes of at least 4 members (excludes halogenated alkanes) is 1. The van der Waals surface area contributed by atoms with Crippen molar-refractivity contribution in [2.75, 3.05) is 7.11 Å². The Morgan fingerprint density at radius 1 is 1.53 bits per heavy atom. The highest BCUT2D eigenvalue weighted by molar-refractivity contribution is 5.23. The highest BCUT2D eigenvalue weighted by Crippen LogP contribution is 2.50. The summed E-state index contributed by atoms with van der Waals surface area (Å²) >= 11 is 0. The van der Waals surface area contributed by atoms with Gasteiger partial charge < -0.3 is 9.84 Å². The molecule has 1 saturated carbocycles. The van der Waals surface area contributed by atoms with Gasteiger partial charge >= 0.3 is 0 Å². The second kappa shape index (κ2) is 3.91. The topological polar surface area (TPSA) is 29.5 Å². The molecule has 2 nitrogen and oxygen atoms in total. The molecule has 15 heavy (non-hydrogen) atoms. The Kier molecular flexibility index (Phi) is 2.91. The van der Waals surface area contributed by atoms with Gasteiger partial charge in [0.2, 0.25) is 0 Å². The van der Waals surface area contributed by atoms with E-state index in [1.54, 1.807) is 7.11 Å². The van der Waals surface area contributed by atoms with Gasteiger partial charge in [0.1, 0.15) is 5.60 Å². The molecule has 2 heteroatoms. The fourth-order valence-electron chi connectivity index (χ4n) is 3.18. The lowest BCUT2D eigenvalue weighted by atomic mass is 9.61. The van der Waals surface area contributed by atoms with Gasteiger partial charge in [-0.3, -0.25) is 0 Å². The van der Waals surface area contributed by atoms with Crippen LogP contribution in [0.1, 0.15) is 45.4 Å². The van der Waals surface area contributed by atoms with E-state index in [2.05, 4.69) is 19.1 Å². The minimum Gasteiger partial charge on any atom is -0.387 e. The first kappa shape index (κ1) is 11.2. The van der Waals surface area contributed by atoms with Gasteiger partial charge in [-0.2, -0.15) is 0 Å². The van der Waals surface area contributed by atoms with Gasteiger partial charge in [0.05, 0.1) is 5.60 Å². The average Bonchev–Trinajstić information content (AvgIpc) is 2.28. The van der Waals surface area contributed by atoms with Crippen molar-refractivity contribution in [3.63, 3.8) is 0 Å². The van der Waals surface area contributed by atoms with Crippen molar-refractivity contribution in [3.8, 4) is 0 Å². The van der Waals surface area contributed by atoms with Gasteiger partial charge in [0.15, 0.2) is 0 Å². The summed E-state index contributed by atoms with van der Waals surface area (Å²) in [7, 11) is 1.73. The lowest BCUT2D eigenvalue weighted by Crippen LogP contribution is -2.60. The Bertz CT molecular complexity index is 261. The maximum atomic E-state index is 10.8. The Hall–Kier alpha value is -0.340. The van der Waals surface area contributed by atoms with Gasteiger partial charge in [-0.05, 0) is 31.6 Å². The van der Waals surface area contributed by atoms with E-state index < -0.39 is 11.2 Å². The minimum atomic E-state index is -0.616. The molecule has 0 aromatic heterocycles. The van der Waals surface area contributed by atoms with Crippen LogP contribution in [0.25, 0.3) is 0 Å². The Morgan fingerprint density at radius 3 is 2.87 bits per heavy atom. The fraction of sp³-hybridized carbons (Fsp3) is 0.846. The van der Waals surface area contributed by atoms with Crippen molar-refractivity contribution in [1.29, 1.82) is 0 Å². The number of methoxy groups -OCH3 is 1. The number of rotatable bonds is 4.